The maximum absolute atomic E-state index is 13.0. The number of esters is 2. The molecule has 104 heavy (non-hydrogen) atoms. The molecule has 9 nitrogen and oxygen atoms in total. The van der Waals surface area contributed by atoms with E-state index in [9.17, 15) is 19.5 Å². The fraction of sp³-hybridized carbons (Fsp3) is 0.716. The molecule has 0 aromatic heterocycles. The number of ether oxygens (including phenoxy) is 4. The Morgan fingerprint density at radius 1 is 0.298 bits per heavy atom. The van der Waals surface area contributed by atoms with Crippen molar-refractivity contribution in [2.75, 3.05) is 47.5 Å². The van der Waals surface area contributed by atoms with Crippen LogP contribution in [0.5, 0.6) is 0 Å². The zero-order valence-electron chi connectivity index (χ0n) is 68.4. The lowest BCUT2D eigenvalue weighted by atomic mass is 10.0. The third kappa shape index (κ3) is 84.4. The van der Waals surface area contributed by atoms with Crippen molar-refractivity contribution in [1.82, 2.24) is 0 Å². The minimum absolute atomic E-state index is 0.133. The number of rotatable bonds is 80. The molecule has 0 fully saturated rings. The second-order valence-corrected chi connectivity index (χ2v) is 30.1. The van der Waals surface area contributed by atoms with Gasteiger partial charge in [-0.3, -0.25) is 9.59 Å². The first-order chi connectivity index (χ1) is 51.1. The number of carboxylic acid groups (broad SMARTS) is 1. The Morgan fingerprint density at radius 2 is 0.548 bits per heavy atom. The fourth-order valence-corrected chi connectivity index (χ4v) is 12.3. The molecule has 0 aliphatic carbocycles. The highest BCUT2D eigenvalue weighted by Gasteiger charge is 2.22. The molecule has 2 atom stereocenters. The molecule has 0 saturated heterocycles. The molecular formula is C95H163NO8. The highest BCUT2D eigenvalue weighted by atomic mass is 16.7. The molecule has 0 aromatic carbocycles. The Bertz CT molecular complexity index is 2230. The van der Waals surface area contributed by atoms with E-state index in [1.54, 1.807) is 0 Å². The van der Waals surface area contributed by atoms with E-state index < -0.39 is 24.3 Å². The van der Waals surface area contributed by atoms with Crippen LogP contribution in [0.15, 0.2) is 146 Å². The molecule has 0 heterocycles. The summed E-state index contributed by atoms with van der Waals surface area (Å²) < 4.78 is 22.8. The summed E-state index contributed by atoms with van der Waals surface area (Å²) in [7, 11) is 5.92. The number of unbranched alkanes of at least 4 members (excludes halogenated alkanes) is 41. The second kappa shape index (κ2) is 83.8. The minimum Gasteiger partial charge on any atom is -0.545 e. The van der Waals surface area contributed by atoms with Gasteiger partial charge < -0.3 is 33.3 Å². The van der Waals surface area contributed by atoms with E-state index in [4.69, 9.17) is 18.9 Å². The Morgan fingerprint density at radius 3 is 0.817 bits per heavy atom. The van der Waals surface area contributed by atoms with E-state index in [2.05, 4.69) is 160 Å². The molecule has 0 aliphatic heterocycles. The molecular weight excluding hydrogens is 1280 g/mol. The lowest BCUT2D eigenvalue weighted by Crippen LogP contribution is -2.44. The number of carbonyl (C=O) groups is 3. The van der Waals surface area contributed by atoms with Crippen molar-refractivity contribution < 1.29 is 42.9 Å². The van der Waals surface area contributed by atoms with Gasteiger partial charge in [0.25, 0.3) is 0 Å². The van der Waals surface area contributed by atoms with Crippen LogP contribution in [0.2, 0.25) is 0 Å². The van der Waals surface area contributed by atoms with E-state index in [0.29, 0.717) is 17.4 Å². The summed E-state index contributed by atoms with van der Waals surface area (Å²) in [6.07, 6.45) is 120. The molecule has 0 saturated carbocycles. The lowest BCUT2D eigenvalue weighted by Gasteiger charge is -2.26. The van der Waals surface area contributed by atoms with Crippen molar-refractivity contribution in [3.8, 4) is 0 Å². The SMILES string of the molecule is CC/C=C\C/C=C\C/C=C\C/C=C\C/C=C\C/C=C\C/C=C\C/C=C\C/C=C\C/C=C\C/C=C\C/C=C\CCCCC(=O)OC(COC(=O)CCCCCCCCCCCCCCCCCCCCCCCCCCCCCCCCCCCCCCCCCC)COC(OCC[N+](C)(C)C)C(=O)[O-]. The largest absolute Gasteiger partial charge is 0.545 e. The molecule has 9 heteroatoms. The maximum atomic E-state index is 13.0. The van der Waals surface area contributed by atoms with E-state index in [1.165, 1.54) is 238 Å². The topological polar surface area (TPSA) is 111 Å². The van der Waals surface area contributed by atoms with Crippen LogP contribution in [-0.2, 0) is 33.3 Å². The smallest absolute Gasteiger partial charge is 0.306 e. The quantitative estimate of drug-likeness (QED) is 0.0195. The van der Waals surface area contributed by atoms with Crippen molar-refractivity contribution in [3.63, 3.8) is 0 Å². The number of allylic oxidation sites excluding steroid dienone is 24. The standard InChI is InChI=1S/C95H163NO8/c1-6-8-10-12-14-16-18-20-22-24-26-28-30-32-34-36-38-40-42-44-46-48-49-51-53-55-57-59-61-63-65-67-69-71-73-75-77-79-81-83-85-92(97)102-89-91(90-103-95(94(99)100)101-88-87-96(3,4)5)104-93(98)86-84-82-80-78-76-74-72-70-68-66-64-62-60-58-56-54-52-50-47-45-43-41-39-37-35-33-31-29-27-25-23-21-19-17-15-13-11-9-7-2/h9,11,15,17,21,23,27,29,33,35,39,41,45,47,52,54,58,60,64,66,70,72,76,78,91,95H,6-8,10,12-14,16,18-20,22,24-26,28,30-32,34,36-38,40,42-44,46,48-51,53,55-57,59,61-63,65,67-69,71,73-75,77,79-90H2,1-5H3/b11-9-,17-15-,23-21-,29-27-,35-33-,41-39-,47-45-,54-52-,60-58-,66-64-,72-70-,78-76-. The van der Waals surface area contributed by atoms with Crippen LogP contribution in [0.25, 0.3) is 0 Å². The van der Waals surface area contributed by atoms with Gasteiger partial charge in [-0.15, -0.1) is 0 Å². The number of carboxylic acids is 1. The summed E-state index contributed by atoms with van der Waals surface area (Å²) in [6, 6.07) is 0. The number of aliphatic carboxylic acids is 1. The first kappa shape index (κ1) is 99.2. The van der Waals surface area contributed by atoms with E-state index >= 15 is 0 Å². The summed E-state index contributed by atoms with van der Waals surface area (Å²) >= 11 is 0. The Balaban J connectivity index is 4.07. The van der Waals surface area contributed by atoms with Crippen molar-refractivity contribution >= 4 is 17.9 Å². The Labute approximate surface area is 642 Å². The van der Waals surface area contributed by atoms with Gasteiger partial charge in [-0.1, -0.05) is 410 Å². The molecule has 2 unspecified atom stereocenters. The highest BCUT2D eigenvalue weighted by Crippen LogP contribution is 2.19. The van der Waals surface area contributed by atoms with E-state index in [0.717, 1.165) is 109 Å². The molecule has 596 valence electrons. The Kier molecular flexibility index (Phi) is 79.9. The first-order valence-corrected chi connectivity index (χ1v) is 43.5. The minimum atomic E-state index is -1.64. The van der Waals surface area contributed by atoms with Gasteiger partial charge in [0.2, 0.25) is 0 Å². The third-order valence-electron chi connectivity index (χ3n) is 18.9. The molecule has 0 aliphatic rings. The van der Waals surface area contributed by atoms with Crippen molar-refractivity contribution in [3.05, 3.63) is 146 Å². The molecule has 0 rings (SSSR count). The van der Waals surface area contributed by atoms with Crippen LogP contribution in [-0.4, -0.2) is 82.3 Å². The van der Waals surface area contributed by atoms with Gasteiger partial charge in [-0.2, -0.15) is 0 Å². The lowest BCUT2D eigenvalue weighted by molar-refractivity contribution is -0.870. The van der Waals surface area contributed by atoms with Gasteiger partial charge in [0.1, 0.15) is 13.2 Å². The van der Waals surface area contributed by atoms with Gasteiger partial charge in [0.15, 0.2) is 12.4 Å². The van der Waals surface area contributed by atoms with Gasteiger partial charge in [0.05, 0.1) is 40.3 Å². The molecule has 0 N–H and O–H groups in total. The first-order valence-electron chi connectivity index (χ1n) is 43.5. The van der Waals surface area contributed by atoms with Gasteiger partial charge in [0, 0.05) is 12.8 Å². The fourth-order valence-electron chi connectivity index (χ4n) is 12.3. The number of likely N-dealkylation sites (N-methyl/N-ethyl adjacent to an activating group) is 1. The number of hydrogen-bond donors (Lipinski definition) is 0. The van der Waals surface area contributed by atoms with Crippen LogP contribution in [0, 0.1) is 0 Å². The second-order valence-electron chi connectivity index (χ2n) is 30.1. The summed E-state index contributed by atoms with van der Waals surface area (Å²) in [5, 5.41) is 11.9. The Hall–Kier alpha value is -4.83. The molecule has 0 spiro atoms. The summed E-state index contributed by atoms with van der Waals surface area (Å²) in [5.74, 6) is -2.34. The van der Waals surface area contributed by atoms with Crippen LogP contribution >= 0.6 is 0 Å². The van der Waals surface area contributed by atoms with E-state index in [-0.39, 0.29) is 38.6 Å². The van der Waals surface area contributed by atoms with Crippen molar-refractivity contribution in [2.45, 2.75) is 392 Å². The highest BCUT2D eigenvalue weighted by molar-refractivity contribution is 5.70. The average molecular weight is 1450 g/mol. The van der Waals surface area contributed by atoms with Gasteiger partial charge in [-0.05, 0) is 103 Å². The van der Waals surface area contributed by atoms with Gasteiger partial charge in [-0.25, -0.2) is 0 Å². The number of hydrogen-bond acceptors (Lipinski definition) is 8. The van der Waals surface area contributed by atoms with Crippen LogP contribution in [0.1, 0.15) is 380 Å². The molecule has 0 aromatic rings. The number of nitrogens with zero attached hydrogens (tertiary/aromatic N) is 1. The predicted molar refractivity (Wildman–Crippen MR) is 449 cm³/mol. The maximum Gasteiger partial charge on any atom is 0.306 e. The van der Waals surface area contributed by atoms with Crippen LogP contribution in [0.3, 0.4) is 0 Å². The number of carbonyl (C=O) groups excluding carboxylic acids is 3. The molecule has 0 radical (unpaired) electrons. The summed E-state index contributed by atoms with van der Waals surface area (Å²) in [4.78, 5) is 37.6. The third-order valence-corrected chi connectivity index (χ3v) is 18.9. The van der Waals surface area contributed by atoms with Gasteiger partial charge >= 0.3 is 11.9 Å². The van der Waals surface area contributed by atoms with Crippen LogP contribution in [0.4, 0.5) is 0 Å². The number of quaternary nitrogens is 1. The van der Waals surface area contributed by atoms with E-state index in [1.807, 2.05) is 21.1 Å². The van der Waals surface area contributed by atoms with Crippen molar-refractivity contribution in [1.29, 1.82) is 0 Å². The summed E-state index contributed by atoms with van der Waals surface area (Å²) in [5.41, 5.74) is 0. The predicted octanol–water partition coefficient (Wildman–Crippen LogP) is 27.2. The van der Waals surface area contributed by atoms with Crippen molar-refractivity contribution in [2.24, 2.45) is 0 Å². The molecule has 0 bridgehead atoms. The normalized spacial score (nSPS) is 13.4. The molecule has 0 amide bonds. The monoisotopic (exact) mass is 1450 g/mol. The zero-order valence-corrected chi connectivity index (χ0v) is 68.4. The zero-order chi connectivity index (χ0) is 75.3. The average Bonchev–Trinajstić information content (AvgIpc) is 1.13. The summed E-state index contributed by atoms with van der Waals surface area (Å²) in [6.45, 7) is 4.62. The van der Waals surface area contributed by atoms with Crippen LogP contribution < -0.4 is 5.11 Å².